The van der Waals surface area contributed by atoms with Crippen LogP contribution in [0, 0.1) is 6.92 Å². The highest BCUT2D eigenvalue weighted by Crippen LogP contribution is 2.35. The molecule has 0 radical (unpaired) electrons. The molecule has 1 unspecified atom stereocenters. The van der Waals surface area contributed by atoms with Gasteiger partial charge in [-0.3, -0.25) is 0 Å². The maximum atomic E-state index is 6.39. The van der Waals surface area contributed by atoms with Gasteiger partial charge in [0, 0.05) is 16.3 Å². The van der Waals surface area contributed by atoms with E-state index in [9.17, 15) is 0 Å². The smallest absolute Gasteiger partial charge is 0.0953 e. The van der Waals surface area contributed by atoms with Crippen LogP contribution in [0.5, 0.6) is 0 Å². The second-order valence-corrected chi connectivity index (χ2v) is 7.32. The van der Waals surface area contributed by atoms with Crippen molar-refractivity contribution in [2.24, 2.45) is 0 Å². The van der Waals surface area contributed by atoms with E-state index < -0.39 is 0 Å². The molecule has 0 fully saturated rings. The number of thiazole rings is 1. The molecule has 4 heteroatoms. The van der Waals surface area contributed by atoms with Crippen LogP contribution in [0.3, 0.4) is 0 Å². The van der Waals surface area contributed by atoms with Crippen molar-refractivity contribution in [3.63, 3.8) is 0 Å². The van der Waals surface area contributed by atoms with Crippen molar-refractivity contribution in [3.05, 3.63) is 63.6 Å². The molecule has 0 spiro atoms. The van der Waals surface area contributed by atoms with E-state index in [4.69, 9.17) is 11.6 Å². The summed E-state index contributed by atoms with van der Waals surface area (Å²) in [5.41, 5.74) is 3.31. The fourth-order valence-corrected chi connectivity index (χ4v) is 4.49. The molecule has 0 aliphatic rings. The summed E-state index contributed by atoms with van der Waals surface area (Å²) in [6, 6.07) is 14.4. The zero-order chi connectivity index (χ0) is 14.1. The number of rotatable bonds is 3. The van der Waals surface area contributed by atoms with E-state index in [1.807, 2.05) is 31.2 Å². The molecule has 3 aromatic rings. The molecule has 3 rings (SSSR count). The van der Waals surface area contributed by atoms with Gasteiger partial charge in [0.15, 0.2) is 0 Å². The molecule has 0 saturated carbocycles. The molecule has 0 N–H and O–H groups in total. The summed E-state index contributed by atoms with van der Waals surface area (Å²) >= 11 is 11.9. The first-order chi connectivity index (χ1) is 9.65. The first-order valence-electron chi connectivity index (χ1n) is 6.38. The van der Waals surface area contributed by atoms with Crippen molar-refractivity contribution >= 4 is 49.1 Å². The topological polar surface area (TPSA) is 12.9 Å². The van der Waals surface area contributed by atoms with Crippen LogP contribution in [-0.2, 0) is 6.42 Å². The monoisotopic (exact) mass is 365 g/mol. The SMILES string of the molecule is Cc1cccc(C(Br)Cc2nc3ccccc3s2)c1Cl. The molecule has 102 valence electrons. The minimum Gasteiger partial charge on any atom is -0.241 e. The van der Waals surface area contributed by atoms with Gasteiger partial charge in [0.2, 0.25) is 0 Å². The van der Waals surface area contributed by atoms with E-state index in [-0.39, 0.29) is 4.83 Å². The molecule has 0 aliphatic carbocycles. The molecule has 2 aromatic carbocycles. The largest absolute Gasteiger partial charge is 0.241 e. The summed E-state index contributed by atoms with van der Waals surface area (Å²) in [6.07, 6.45) is 0.850. The van der Waals surface area contributed by atoms with Crippen LogP contribution in [0.4, 0.5) is 0 Å². The summed E-state index contributed by atoms with van der Waals surface area (Å²) in [4.78, 5) is 4.87. The third-order valence-electron chi connectivity index (χ3n) is 3.25. The van der Waals surface area contributed by atoms with Crippen molar-refractivity contribution in [1.29, 1.82) is 0 Å². The summed E-state index contributed by atoms with van der Waals surface area (Å²) in [5, 5.41) is 1.97. The van der Waals surface area contributed by atoms with Gasteiger partial charge in [-0.05, 0) is 30.2 Å². The van der Waals surface area contributed by atoms with Crippen molar-refractivity contribution in [2.45, 2.75) is 18.2 Å². The van der Waals surface area contributed by atoms with Gasteiger partial charge in [-0.1, -0.05) is 57.9 Å². The van der Waals surface area contributed by atoms with Crippen LogP contribution in [-0.4, -0.2) is 4.98 Å². The molecule has 1 aromatic heterocycles. The van der Waals surface area contributed by atoms with E-state index in [1.54, 1.807) is 11.3 Å². The lowest BCUT2D eigenvalue weighted by Gasteiger charge is -2.12. The first-order valence-corrected chi connectivity index (χ1v) is 8.49. The van der Waals surface area contributed by atoms with Gasteiger partial charge in [-0.25, -0.2) is 4.98 Å². The number of nitrogens with zero attached hydrogens (tertiary/aromatic N) is 1. The summed E-state index contributed by atoms with van der Waals surface area (Å²) in [5.74, 6) is 0. The third-order valence-corrected chi connectivity index (χ3v) is 5.64. The van der Waals surface area contributed by atoms with Gasteiger partial charge in [-0.15, -0.1) is 11.3 Å². The Balaban J connectivity index is 1.88. The van der Waals surface area contributed by atoms with Crippen LogP contribution < -0.4 is 0 Å². The summed E-state index contributed by atoms with van der Waals surface area (Å²) in [7, 11) is 0. The second kappa shape index (κ2) is 5.84. The number of hydrogen-bond acceptors (Lipinski definition) is 2. The lowest BCUT2D eigenvalue weighted by atomic mass is 10.1. The van der Waals surface area contributed by atoms with Crippen molar-refractivity contribution in [3.8, 4) is 0 Å². The van der Waals surface area contributed by atoms with Crippen LogP contribution in [0.2, 0.25) is 5.02 Å². The summed E-state index contributed by atoms with van der Waals surface area (Å²) in [6.45, 7) is 2.03. The molecule has 1 atom stereocenters. The van der Waals surface area contributed by atoms with Crippen LogP contribution >= 0.6 is 38.9 Å². The van der Waals surface area contributed by atoms with Crippen LogP contribution in [0.1, 0.15) is 21.0 Å². The number of hydrogen-bond donors (Lipinski definition) is 0. The minimum absolute atomic E-state index is 0.190. The van der Waals surface area contributed by atoms with E-state index >= 15 is 0 Å². The highest BCUT2D eigenvalue weighted by Gasteiger charge is 2.15. The Hall–Kier alpha value is -0.900. The van der Waals surface area contributed by atoms with Gasteiger partial charge in [0.05, 0.1) is 15.2 Å². The predicted octanol–water partition coefficient (Wildman–Crippen LogP) is 5.94. The number of alkyl halides is 1. The lowest BCUT2D eigenvalue weighted by molar-refractivity contribution is 0.937. The Bertz CT molecular complexity index is 720. The Morgan fingerprint density at radius 3 is 2.80 bits per heavy atom. The van der Waals surface area contributed by atoms with Gasteiger partial charge in [-0.2, -0.15) is 0 Å². The summed E-state index contributed by atoms with van der Waals surface area (Å²) < 4.78 is 1.23. The molecule has 0 aliphatic heterocycles. The second-order valence-electron chi connectivity index (χ2n) is 4.73. The zero-order valence-electron chi connectivity index (χ0n) is 10.9. The standard InChI is InChI=1S/C16H13BrClNS/c1-10-5-4-6-11(16(10)18)12(17)9-15-19-13-7-2-3-8-14(13)20-15/h2-8,12H,9H2,1H3. The maximum Gasteiger partial charge on any atom is 0.0953 e. The number of para-hydroxylation sites is 1. The minimum atomic E-state index is 0.190. The molecular formula is C16H13BrClNS. The Morgan fingerprint density at radius 1 is 1.20 bits per heavy atom. The predicted molar refractivity (Wildman–Crippen MR) is 91.2 cm³/mol. The van der Waals surface area contributed by atoms with E-state index in [0.717, 1.165) is 33.1 Å². The fourth-order valence-electron chi connectivity index (χ4n) is 2.18. The normalized spacial score (nSPS) is 12.8. The molecule has 0 bridgehead atoms. The number of fused-ring (bicyclic) bond motifs is 1. The average molecular weight is 367 g/mol. The van der Waals surface area contributed by atoms with E-state index in [1.165, 1.54) is 4.70 Å². The van der Waals surface area contributed by atoms with Gasteiger partial charge in [0.25, 0.3) is 0 Å². The van der Waals surface area contributed by atoms with Crippen LogP contribution in [0.25, 0.3) is 10.2 Å². The highest BCUT2D eigenvalue weighted by atomic mass is 79.9. The quantitative estimate of drug-likeness (QED) is 0.523. The number of benzene rings is 2. The van der Waals surface area contributed by atoms with Gasteiger partial charge in [0.1, 0.15) is 0 Å². The number of aryl methyl sites for hydroxylation is 1. The van der Waals surface area contributed by atoms with Gasteiger partial charge >= 0.3 is 0 Å². The Morgan fingerprint density at radius 2 is 2.00 bits per heavy atom. The molecule has 0 amide bonds. The molecule has 1 heterocycles. The molecule has 20 heavy (non-hydrogen) atoms. The maximum absolute atomic E-state index is 6.39. The molecule has 1 nitrogen and oxygen atoms in total. The van der Waals surface area contributed by atoms with E-state index in [2.05, 4.69) is 39.1 Å². The van der Waals surface area contributed by atoms with Crippen molar-refractivity contribution in [2.75, 3.05) is 0 Å². The third kappa shape index (κ3) is 2.76. The van der Waals surface area contributed by atoms with E-state index in [0.29, 0.717) is 0 Å². The van der Waals surface area contributed by atoms with Gasteiger partial charge < -0.3 is 0 Å². The molecular weight excluding hydrogens is 354 g/mol. The fraction of sp³-hybridized carbons (Fsp3) is 0.188. The lowest BCUT2D eigenvalue weighted by Crippen LogP contribution is -1.97. The average Bonchev–Trinajstić information content (AvgIpc) is 2.83. The van der Waals surface area contributed by atoms with Crippen molar-refractivity contribution < 1.29 is 0 Å². The molecule has 0 saturated heterocycles. The first kappa shape index (κ1) is 14.1. The van der Waals surface area contributed by atoms with Crippen molar-refractivity contribution in [1.82, 2.24) is 4.98 Å². The van der Waals surface area contributed by atoms with Crippen LogP contribution in [0.15, 0.2) is 42.5 Å². The Labute approximate surface area is 135 Å². The number of aromatic nitrogens is 1. The number of halogens is 2. The highest BCUT2D eigenvalue weighted by molar-refractivity contribution is 9.09. The Kier molecular flexibility index (Phi) is 4.11. The zero-order valence-corrected chi connectivity index (χ0v) is 14.1.